The first-order valence-electron chi connectivity index (χ1n) is 10.4. The summed E-state index contributed by atoms with van der Waals surface area (Å²) in [5.41, 5.74) is -0.357. The third-order valence-electron chi connectivity index (χ3n) is 4.67. The van der Waals surface area contributed by atoms with E-state index in [1.54, 1.807) is 19.3 Å². The fourth-order valence-electron chi connectivity index (χ4n) is 3.05. The maximum absolute atomic E-state index is 13.2. The van der Waals surface area contributed by atoms with Crippen LogP contribution in [0.25, 0.3) is 11.4 Å². The highest BCUT2D eigenvalue weighted by atomic mass is 32.2. The molecule has 33 heavy (non-hydrogen) atoms. The molecule has 1 N–H and O–H groups in total. The largest absolute Gasteiger partial charge is 0.418 e. The highest BCUT2D eigenvalue weighted by Gasteiger charge is 2.34. The van der Waals surface area contributed by atoms with Gasteiger partial charge in [0.2, 0.25) is 5.91 Å². The Morgan fingerprint density at radius 3 is 2.61 bits per heavy atom. The zero-order chi connectivity index (χ0) is 23.8. The van der Waals surface area contributed by atoms with Crippen molar-refractivity contribution < 1.29 is 22.7 Å². The van der Waals surface area contributed by atoms with Crippen LogP contribution in [0.1, 0.15) is 25.8 Å². The zero-order valence-electron chi connectivity index (χ0n) is 18.2. The molecule has 1 atom stereocenters. The van der Waals surface area contributed by atoms with Crippen molar-refractivity contribution in [1.82, 2.24) is 19.7 Å². The molecule has 0 aliphatic rings. The number of benzene rings is 1. The molecule has 11 heteroatoms. The van der Waals surface area contributed by atoms with Crippen LogP contribution in [0.5, 0.6) is 0 Å². The topological polar surface area (TPSA) is 81.9 Å². The van der Waals surface area contributed by atoms with Crippen molar-refractivity contribution in [3.63, 3.8) is 0 Å². The monoisotopic (exact) mass is 479 g/mol. The third-order valence-corrected chi connectivity index (χ3v) is 5.75. The van der Waals surface area contributed by atoms with Crippen LogP contribution in [0, 0.1) is 0 Å². The van der Waals surface area contributed by atoms with Crippen molar-refractivity contribution >= 4 is 23.4 Å². The first kappa shape index (κ1) is 24.7. The van der Waals surface area contributed by atoms with Crippen LogP contribution < -0.4 is 5.32 Å². The van der Waals surface area contributed by atoms with Gasteiger partial charge in [-0.2, -0.15) is 13.2 Å². The van der Waals surface area contributed by atoms with Crippen molar-refractivity contribution in [2.45, 2.75) is 43.4 Å². The minimum Gasteiger partial charge on any atom is -0.382 e. The highest BCUT2D eigenvalue weighted by molar-refractivity contribution is 8.00. The molecule has 0 aliphatic carbocycles. The first-order chi connectivity index (χ1) is 15.8. The summed E-state index contributed by atoms with van der Waals surface area (Å²) >= 11 is 1.13. The minimum absolute atomic E-state index is 0.280. The SMILES string of the molecule is CCOCCCn1c(S[C@@H](C)C(=O)Nc2ccccc2C(F)(F)F)nnc1-c1ccncc1. The zero-order valence-corrected chi connectivity index (χ0v) is 19.0. The molecule has 2 aromatic heterocycles. The molecular formula is C22H24F3N5O2S. The van der Waals surface area contributed by atoms with Gasteiger partial charge in [0.05, 0.1) is 16.5 Å². The molecule has 0 aliphatic heterocycles. The Hall–Kier alpha value is -2.92. The molecule has 7 nitrogen and oxygen atoms in total. The van der Waals surface area contributed by atoms with E-state index in [9.17, 15) is 18.0 Å². The molecule has 176 valence electrons. The summed E-state index contributed by atoms with van der Waals surface area (Å²) in [6.45, 7) is 5.25. The summed E-state index contributed by atoms with van der Waals surface area (Å²) in [6, 6.07) is 8.50. The number of ether oxygens (including phenoxy) is 1. The van der Waals surface area contributed by atoms with Crippen LogP contribution in [0.2, 0.25) is 0 Å². The first-order valence-corrected chi connectivity index (χ1v) is 11.2. The van der Waals surface area contributed by atoms with E-state index in [-0.39, 0.29) is 5.69 Å². The number of nitrogens with zero attached hydrogens (tertiary/aromatic N) is 4. The predicted molar refractivity (Wildman–Crippen MR) is 120 cm³/mol. The molecule has 1 aromatic carbocycles. The van der Waals surface area contributed by atoms with Gasteiger partial charge in [-0.05, 0) is 44.5 Å². The van der Waals surface area contributed by atoms with E-state index in [1.807, 2.05) is 23.6 Å². The molecule has 0 spiro atoms. The third kappa shape index (κ3) is 6.55. The van der Waals surface area contributed by atoms with Gasteiger partial charge in [0.1, 0.15) is 0 Å². The number of carbonyl (C=O) groups excluding carboxylic acids is 1. The standard InChI is InChI=1S/C22H24F3N5O2S/c1-3-32-14-6-13-30-19(16-9-11-26-12-10-16)28-29-21(30)33-15(2)20(31)27-18-8-5-4-7-17(18)22(23,24)25/h4-5,7-12,15H,3,6,13-14H2,1-2H3,(H,27,31)/t15-/m0/s1. The Morgan fingerprint density at radius 2 is 1.91 bits per heavy atom. The Labute approximate surface area is 193 Å². The maximum Gasteiger partial charge on any atom is 0.418 e. The number of thioether (sulfide) groups is 1. The van der Waals surface area contributed by atoms with Crippen LogP contribution >= 0.6 is 11.8 Å². The van der Waals surface area contributed by atoms with Gasteiger partial charge in [-0.15, -0.1) is 10.2 Å². The second-order valence-corrected chi connectivity index (χ2v) is 8.34. The number of hydrogen-bond acceptors (Lipinski definition) is 6. The van der Waals surface area contributed by atoms with Crippen molar-refractivity contribution in [1.29, 1.82) is 0 Å². The van der Waals surface area contributed by atoms with E-state index in [2.05, 4.69) is 20.5 Å². The molecule has 2 heterocycles. The number of nitrogens with one attached hydrogen (secondary N) is 1. The average molecular weight is 480 g/mol. The molecule has 0 unspecified atom stereocenters. The fraction of sp³-hybridized carbons (Fsp3) is 0.364. The lowest BCUT2D eigenvalue weighted by Crippen LogP contribution is -2.24. The number of anilines is 1. The number of hydrogen-bond donors (Lipinski definition) is 1. The molecular weight excluding hydrogens is 455 g/mol. The van der Waals surface area contributed by atoms with Gasteiger partial charge in [-0.25, -0.2) is 0 Å². The Bertz CT molecular complexity index is 1060. The van der Waals surface area contributed by atoms with Gasteiger partial charge in [0.25, 0.3) is 0 Å². The number of alkyl halides is 3. The van der Waals surface area contributed by atoms with Gasteiger partial charge < -0.3 is 14.6 Å². The summed E-state index contributed by atoms with van der Waals surface area (Å²) in [4.78, 5) is 16.7. The van der Waals surface area contributed by atoms with Crippen molar-refractivity contribution in [2.24, 2.45) is 0 Å². The van der Waals surface area contributed by atoms with E-state index in [1.165, 1.54) is 18.2 Å². The second-order valence-electron chi connectivity index (χ2n) is 7.04. The van der Waals surface area contributed by atoms with Crippen LogP contribution in [-0.4, -0.2) is 44.1 Å². The van der Waals surface area contributed by atoms with E-state index >= 15 is 0 Å². The molecule has 1 amide bonds. The number of halogens is 3. The molecule has 0 saturated carbocycles. The van der Waals surface area contributed by atoms with Crippen molar-refractivity contribution in [2.75, 3.05) is 18.5 Å². The van der Waals surface area contributed by atoms with Gasteiger partial charge in [-0.1, -0.05) is 23.9 Å². The lowest BCUT2D eigenvalue weighted by Gasteiger charge is -2.16. The van der Waals surface area contributed by atoms with Crippen LogP contribution in [0.15, 0.2) is 53.9 Å². The summed E-state index contributed by atoms with van der Waals surface area (Å²) in [5, 5.41) is 10.7. The van der Waals surface area contributed by atoms with Crippen LogP contribution in [0.4, 0.5) is 18.9 Å². The number of carbonyl (C=O) groups is 1. The summed E-state index contributed by atoms with van der Waals surface area (Å²) in [6.07, 6.45) is -0.567. The van der Waals surface area contributed by atoms with Gasteiger partial charge in [-0.3, -0.25) is 9.78 Å². The maximum atomic E-state index is 13.2. The Balaban J connectivity index is 1.78. The number of pyridine rings is 1. The Morgan fingerprint density at radius 1 is 1.18 bits per heavy atom. The van der Waals surface area contributed by atoms with Crippen molar-refractivity contribution in [3.05, 3.63) is 54.4 Å². The van der Waals surface area contributed by atoms with Crippen molar-refractivity contribution in [3.8, 4) is 11.4 Å². The average Bonchev–Trinajstić information content (AvgIpc) is 3.19. The number of amides is 1. The fourth-order valence-corrected chi connectivity index (χ4v) is 3.92. The van der Waals surface area contributed by atoms with Crippen LogP contribution in [0.3, 0.4) is 0 Å². The van der Waals surface area contributed by atoms with Gasteiger partial charge in [0.15, 0.2) is 11.0 Å². The lowest BCUT2D eigenvalue weighted by molar-refractivity contribution is -0.137. The number of para-hydroxylation sites is 1. The Kier molecular flexibility index (Phi) is 8.45. The number of rotatable bonds is 10. The second kappa shape index (κ2) is 11.3. The van der Waals surface area contributed by atoms with E-state index in [0.29, 0.717) is 37.2 Å². The van der Waals surface area contributed by atoms with E-state index < -0.39 is 22.9 Å². The van der Waals surface area contributed by atoms with E-state index in [0.717, 1.165) is 23.4 Å². The molecule has 0 saturated heterocycles. The smallest absolute Gasteiger partial charge is 0.382 e. The van der Waals surface area contributed by atoms with E-state index in [4.69, 9.17) is 4.74 Å². The predicted octanol–water partition coefficient (Wildman–Crippen LogP) is 4.90. The number of aromatic nitrogens is 4. The molecule has 3 rings (SSSR count). The molecule has 3 aromatic rings. The molecule has 0 fully saturated rings. The summed E-state index contributed by atoms with van der Waals surface area (Å²) < 4.78 is 47.0. The van der Waals surface area contributed by atoms with Gasteiger partial charge in [0, 0.05) is 37.7 Å². The minimum atomic E-state index is -4.57. The molecule has 0 radical (unpaired) electrons. The summed E-state index contributed by atoms with van der Waals surface area (Å²) in [7, 11) is 0. The lowest BCUT2D eigenvalue weighted by atomic mass is 10.1. The molecule has 0 bridgehead atoms. The summed E-state index contributed by atoms with van der Waals surface area (Å²) in [5.74, 6) is 0.0532. The van der Waals surface area contributed by atoms with Gasteiger partial charge >= 0.3 is 6.18 Å². The highest BCUT2D eigenvalue weighted by Crippen LogP contribution is 2.35. The van der Waals surface area contributed by atoms with Crippen LogP contribution in [-0.2, 0) is 22.3 Å². The quantitative estimate of drug-likeness (QED) is 0.329. The normalized spacial score (nSPS) is 12.5.